The Hall–Kier alpha value is -0.0900. The molecular weight excluding hydrogens is 313 g/mol. The van der Waals surface area contributed by atoms with Crippen LogP contribution < -0.4 is 5.32 Å². The Kier molecular flexibility index (Phi) is 6.34. The maximum Gasteiger partial charge on any atom is 0.0592 e. The summed E-state index contributed by atoms with van der Waals surface area (Å²) < 4.78 is 12.9. The van der Waals surface area contributed by atoms with Crippen LogP contribution in [0.5, 0.6) is 0 Å². The average molecular weight is 334 g/mol. The Balaban J connectivity index is 2.25. The molecular formula is C15H21Cl2NOS. The molecule has 2 rings (SSSR count). The second kappa shape index (κ2) is 7.79. The van der Waals surface area contributed by atoms with Crippen LogP contribution in [0.3, 0.4) is 0 Å². The quantitative estimate of drug-likeness (QED) is 0.887. The number of hydrogen-bond acceptors (Lipinski definition) is 2. The molecule has 3 atom stereocenters. The molecule has 1 aliphatic carbocycles. The van der Waals surface area contributed by atoms with Crippen molar-refractivity contribution in [3.05, 3.63) is 28.2 Å². The fraction of sp³-hybridized carbons (Fsp3) is 0.600. The third kappa shape index (κ3) is 3.97. The smallest absolute Gasteiger partial charge is 0.0592 e. The number of nitrogens with one attached hydrogen (secondary N) is 1. The van der Waals surface area contributed by atoms with E-state index >= 15 is 0 Å². The molecule has 0 amide bonds. The third-order valence-corrected chi connectivity index (χ3v) is 6.52. The molecule has 1 fully saturated rings. The number of hydrogen-bond donors (Lipinski definition) is 1. The second-order valence-corrected chi connectivity index (χ2v) is 7.78. The Morgan fingerprint density at radius 3 is 2.55 bits per heavy atom. The molecule has 1 aromatic rings. The second-order valence-electron chi connectivity index (χ2n) is 5.30. The topological polar surface area (TPSA) is 29.1 Å². The van der Waals surface area contributed by atoms with Crippen molar-refractivity contribution in [2.24, 2.45) is 0 Å². The predicted molar refractivity (Wildman–Crippen MR) is 87.2 cm³/mol. The van der Waals surface area contributed by atoms with Crippen molar-refractivity contribution in [1.82, 2.24) is 5.32 Å². The highest BCUT2D eigenvalue weighted by molar-refractivity contribution is 7.85. The zero-order chi connectivity index (χ0) is 14.5. The van der Waals surface area contributed by atoms with E-state index in [4.69, 9.17) is 23.2 Å². The molecule has 1 saturated carbocycles. The first-order valence-corrected chi connectivity index (χ1v) is 9.13. The van der Waals surface area contributed by atoms with Crippen LogP contribution in [0.4, 0.5) is 0 Å². The van der Waals surface area contributed by atoms with Crippen molar-refractivity contribution in [2.45, 2.75) is 54.7 Å². The molecule has 1 aromatic carbocycles. The normalized spacial score (nSPS) is 25.8. The van der Waals surface area contributed by atoms with Crippen molar-refractivity contribution < 1.29 is 4.21 Å². The van der Waals surface area contributed by atoms with Crippen LogP contribution in [-0.2, 0) is 10.8 Å². The van der Waals surface area contributed by atoms with E-state index in [1.807, 2.05) is 7.05 Å². The molecule has 3 unspecified atom stereocenters. The van der Waals surface area contributed by atoms with Crippen LogP contribution in [0.15, 0.2) is 23.1 Å². The van der Waals surface area contributed by atoms with E-state index in [1.165, 1.54) is 19.3 Å². The van der Waals surface area contributed by atoms with E-state index < -0.39 is 10.8 Å². The predicted octanol–water partition coefficient (Wildman–Crippen LogP) is 4.41. The lowest BCUT2D eigenvalue weighted by molar-refractivity contribution is 0.414. The van der Waals surface area contributed by atoms with E-state index in [9.17, 15) is 4.21 Å². The van der Waals surface area contributed by atoms with Gasteiger partial charge in [0, 0.05) is 11.1 Å². The van der Waals surface area contributed by atoms with Crippen LogP contribution in [0, 0.1) is 0 Å². The van der Waals surface area contributed by atoms with Crippen molar-refractivity contribution >= 4 is 34.0 Å². The van der Waals surface area contributed by atoms with Crippen LogP contribution in [0.1, 0.15) is 38.5 Å². The fourth-order valence-electron chi connectivity index (χ4n) is 2.83. The van der Waals surface area contributed by atoms with Crippen molar-refractivity contribution in [3.63, 3.8) is 0 Å². The summed E-state index contributed by atoms with van der Waals surface area (Å²) in [6.07, 6.45) is 6.88. The summed E-state index contributed by atoms with van der Waals surface area (Å²) in [4.78, 5) is 0.671. The first-order valence-electron chi connectivity index (χ1n) is 7.16. The molecule has 5 heteroatoms. The maximum atomic E-state index is 12.9. The Morgan fingerprint density at radius 1 is 1.15 bits per heavy atom. The van der Waals surface area contributed by atoms with E-state index in [1.54, 1.807) is 18.2 Å². The molecule has 0 bridgehead atoms. The third-order valence-electron chi connectivity index (χ3n) is 3.96. The summed E-state index contributed by atoms with van der Waals surface area (Å²) in [5.74, 6) is 0. The summed E-state index contributed by atoms with van der Waals surface area (Å²) in [5.41, 5.74) is 0. The lowest BCUT2D eigenvalue weighted by atomic mass is 9.96. The molecule has 0 saturated heterocycles. The maximum absolute atomic E-state index is 12.9. The van der Waals surface area contributed by atoms with Gasteiger partial charge in [-0.15, -0.1) is 0 Å². The lowest BCUT2D eigenvalue weighted by Gasteiger charge is -2.28. The minimum Gasteiger partial charge on any atom is -0.316 e. The van der Waals surface area contributed by atoms with Crippen LogP contribution in [0.25, 0.3) is 0 Å². The Bertz CT molecular complexity index is 481. The molecule has 2 nitrogen and oxygen atoms in total. The van der Waals surface area contributed by atoms with Gasteiger partial charge in [0.05, 0.1) is 26.0 Å². The van der Waals surface area contributed by atoms with Gasteiger partial charge in [0.2, 0.25) is 0 Å². The van der Waals surface area contributed by atoms with Gasteiger partial charge >= 0.3 is 0 Å². The van der Waals surface area contributed by atoms with Crippen LogP contribution >= 0.6 is 23.2 Å². The van der Waals surface area contributed by atoms with E-state index in [2.05, 4.69) is 5.32 Å². The molecule has 0 heterocycles. The largest absolute Gasteiger partial charge is 0.316 e. The van der Waals surface area contributed by atoms with E-state index in [0.717, 1.165) is 19.3 Å². The monoisotopic (exact) mass is 333 g/mol. The fourth-order valence-corrected chi connectivity index (χ4v) is 5.19. The number of halogens is 2. The van der Waals surface area contributed by atoms with E-state index in [-0.39, 0.29) is 11.3 Å². The summed E-state index contributed by atoms with van der Waals surface area (Å²) in [6.45, 7) is 0. The van der Waals surface area contributed by atoms with Gasteiger partial charge in [0.15, 0.2) is 0 Å². The van der Waals surface area contributed by atoms with Crippen molar-refractivity contribution in [3.8, 4) is 0 Å². The molecule has 0 spiro atoms. The summed E-state index contributed by atoms with van der Waals surface area (Å²) >= 11 is 12.2. The van der Waals surface area contributed by atoms with Crippen molar-refractivity contribution in [1.29, 1.82) is 0 Å². The van der Waals surface area contributed by atoms with Gasteiger partial charge in [-0.25, -0.2) is 0 Å². The average Bonchev–Trinajstić information content (AvgIpc) is 2.41. The van der Waals surface area contributed by atoms with Crippen LogP contribution in [-0.4, -0.2) is 22.5 Å². The molecule has 0 radical (unpaired) electrons. The van der Waals surface area contributed by atoms with Gasteiger partial charge in [-0.3, -0.25) is 4.21 Å². The lowest BCUT2D eigenvalue weighted by Crippen LogP contribution is -2.41. The molecule has 1 aliphatic rings. The minimum atomic E-state index is -1.12. The van der Waals surface area contributed by atoms with Gasteiger partial charge < -0.3 is 5.32 Å². The summed E-state index contributed by atoms with van der Waals surface area (Å²) in [7, 11) is 0.835. The SMILES string of the molecule is CNC1CCCCCCC1S(=O)c1cc(Cl)ccc1Cl. The first-order chi connectivity index (χ1) is 9.63. The summed E-state index contributed by atoms with van der Waals surface area (Å²) in [6, 6.07) is 5.49. The zero-order valence-electron chi connectivity index (χ0n) is 11.7. The zero-order valence-corrected chi connectivity index (χ0v) is 14.0. The highest BCUT2D eigenvalue weighted by Gasteiger charge is 2.28. The Morgan fingerprint density at radius 2 is 1.85 bits per heavy atom. The van der Waals surface area contributed by atoms with Crippen LogP contribution in [0.2, 0.25) is 10.0 Å². The molecule has 112 valence electrons. The minimum absolute atomic E-state index is 0.108. The first kappa shape index (κ1) is 16.3. The van der Waals surface area contributed by atoms with Gasteiger partial charge in [-0.1, -0.05) is 48.9 Å². The van der Waals surface area contributed by atoms with Gasteiger partial charge in [-0.05, 0) is 38.1 Å². The number of benzene rings is 1. The van der Waals surface area contributed by atoms with E-state index in [0.29, 0.717) is 14.9 Å². The highest BCUT2D eigenvalue weighted by atomic mass is 35.5. The standard InChI is InChI=1S/C15H21Cl2NOS/c1-18-13-6-4-2-3-5-7-14(13)20(19)15-10-11(16)8-9-12(15)17/h8-10,13-14,18H,2-7H2,1H3. The van der Waals surface area contributed by atoms with Gasteiger partial charge in [-0.2, -0.15) is 0 Å². The molecule has 0 aliphatic heterocycles. The highest BCUT2D eigenvalue weighted by Crippen LogP contribution is 2.30. The van der Waals surface area contributed by atoms with Crippen molar-refractivity contribution in [2.75, 3.05) is 7.05 Å². The van der Waals surface area contributed by atoms with Gasteiger partial charge in [0.25, 0.3) is 0 Å². The Labute approximate surface area is 133 Å². The molecule has 0 aromatic heterocycles. The van der Waals surface area contributed by atoms with Gasteiger partial charge in [0.1, 0.15) is 0 Å². The molecule has 20 heavy (non-hydrogen) atoms. The number of rotatable bonds is 3. The summed E-state index contributed by atoms with van der Waals surface area (Å²) in [5, 5.41) is 4.58. The molecule has 1 N–H and O–H groups in total.